The van der Waals surface area contributed by atoms with E-state index in [0.717, 1.165) is 95.4 Å². The second-order valence-electron chi connectivity index (χ2n) is 17.4. The van der Waals surface area contributed by atoms with E-state index in [2.05, 4.69) is 288 Å². The van der Waals surface area contributed by atoms with Gasteiger partial charge in [-0.05, 0) is 143 Å². The van der Waals surface area contributed by atoms with E-state index < -0.39 is 0 Å². The Kier molecular flexibility index (Phi) is 11.2. The summed E-state index contributed by atoms with van der Waals surface area (Å²) in [6.07, 6.45) is 0. The van der Waals surface area contributed by atoms with Gasteiger partial charge in [0.2, 0.25) is 0 Å². The number of rotatable bonds is 12. The molecule has 1 heterocycles. The lowest BCUT2D eigenvalue weighted by Gasteiger charge is -2.33. The zero-order chi connectivity index (χ0) is 46.6. The lowest BCUT2D eigenvalue weighted by Crippen LogP contribution is -2.16. The van der Waals surface area contributed by atoms with E-state index in [-0.39, 0.29) is 0 Å². The summed E-state index contributed by atoms with van der Waals surface area (Å²) in [5.41, 5.74) is 18.1. The molecule has 0 radical (unpaired) electrons. The van der Waals surface area contributed by atoms with Crippen LogP contribution in [0.1, 0.15) is 0 Å². The van der Waals surface area contributed by atoms with Crippen molar-refractivity contribution in [2.75, 3.05) is 14.7 Å². The predicted octanol–water partition coefficient (Wildman–Crippen LogP) is 19.0. The Hall–Kier alpha value is -9.38. The van der Waals surface area contributed by atoms with E-state index in [1.54, 1.807) is 0 Å². The van der Waals surface area contributed by atoms with Crippen LogP contribution in [0.2, 0.25) is 0 Å². The van der Waals surface area contributed by atoms with Crippen molar-refractivity contribution in [3.05, 3.63) is 285 Å². The van der Waals surface area contributed by atoms with Crippen LogP contribution in [-0.4, -0.2) is 0 Å². The van der Waals surface area contributed by atoms with Gasteiger partial charge in [0.15, 0.2) is 0 Å². The maximum absolute atomic E-state index is 6.20. The van der Waals surface area contributed by atoms with Crippen molar-refractivity contribution in [1.29, 1.82) is 0 Å². The summed E-state index contributed by atoms with van der Waals surface area (Å²) >= 11 is 0. The summed E-state index contributed by atoms with van der Waals surface area (Å²) < 4.78 is 6.20. The quantitative estimate of drug-likeness (QED) is 0.122. The molecule has 11 aromatic carbocycles. The van der Waals surface area contributed by atoms with Gasteiger partial charge in [0, 0.05) is 44.9 Å². The van der Waals surface area contributed by atoms with Crippen LogP contribution in [0, 0.1) is 0 Å². The van der Waals surface area contributed by atoms with Crippen molar-refractivity contribution < 1.29 is 4.42 Å². The lowest BCUT2D eigenvalue weighted by atomic mass is 10.00. The van der Waals surface area contributed by atoms with Crippen LogP contribution in [0.4, 0.5) is 51.2 Å². The topological polar surface area (TPSA) is 22.9 Å². The number of anilines is 9. The number of para-hydroxylation sites is 5. The molecular formula is C66H47N3O. The Labute approximate surface area is 408 Å². The van der Waals surface area contributed by atoms with Gasteiger partial charge in [0.25, 0.3) is 0 Å². The maximum Gasteiger partial charge on any atom is 0.135 e. The number of benzene rings is 11. The summed E-state index contributed by atoms with van der Waals surface area (Å²) in [6, 6.07) is 102. The van der Waals surface area contributed by atoms with Gasteiger partial charge in [-0.3, -0.25) is 0 Å². The maximum atomic E-state index is 6.20. The van der Waals surface area contributed by atoms with Gasteiger partial charge in [-0.15, -0.1) is 0 Å². The third-order valence-corrected chi connectivity index (χ3v) is 13.0. The van der Waals surface area contributed by atoms with Crippen LogP contribution in [0.3, 0.4) is 0 Å². The minimum Gasteiger partial charge on any atom is -0.456 e. The average Bonchev–Trinajstić information content (AvgIpc) is 3.81. The Bertz CT molecular complexity index is 3490. The molecule has 0 atom stereocenters. The second kappa shape index (κ2) is 18.7. The molecule has 0 bridgehead atoms. The molecule has 4 nitrogen and oxygen atoms in total. The first-order valence-corrected chi connectivity index (χ1v) is 23.7. The molecule has 12 aromatic rings. The summed E-state index contributed by atoms with van der Waals surface area (Å²) in [7, 11) is 0. The molecule has 4 heteroatoms. The number of hydrogen-bond acceptors (Lipinski definition) is 4. The Morgan fingerprint density at radius 2 is 0.471 bits per heavy atom. The van der Waals surface area contributed by atoms with Crippen LogP contribution < -0.4 is 14.7 Å². The molecule has 0 aliphatic rings. The van der Waals surface area contributed by atoms with Gasteiger partial charge in [-0.1, -0.05) is 176 Å². The molecule has 0 fully saturated rings. The standard InChI is InChI=1S/C66H47N3O/c1-6-18-48(19-7-1)49-30-32-50(33-31-49)51-34-39-58(40-35-51)69(59-41-36-52(37-42-59)53-38-43-66-64(44-53)63-28-16-17-29-65(63)70-66)62-46-60(67(54-20-8-2-9-21-54)55-22-10-3-11-23-55)45-61(47-62)68(56-24-12-4-13-25-56)57-26-14-5-15-27-57/h1-47H. The zero-order valence-corrected chi connectivity index (χ0v) is 38.4. The predicted molar refractivity (Wildman–Crippen MR) is 294 cm³/mol. The van der Waals surface area contributed by atoms with E-state index in [1.807, 2.05) is 12.1 Å². The summed E-state index contributed by atoms with van der Waals surface area (Å²) in [4.78, 5) is 7.08. The summed E-state index contributed by atoms with van der Waals surface area (Å²) in [5, 5.41) is 2.23. The van der Waals surface area contributed by atoms with E-state index in [0.29, 0.717) is 0 Å². The fourth-order valence-corrected chi connectivity index (χ4v) is 9.61. The van der Waals surface area contributed by atoms with Crippen molar-refractivity contribution in [3.8, 4) is 33.4 Å². The van der Waals surface area contributed by atoms with Gasteiger partial charge < -0.3 is 19.1 Å². The van der Waals surface area contributed by atoms with Crippen molar-refractivity contribution >= 4 is 73.1 Å². The van der Waals surface area contributed by atoms with Crippen LogP contribution in [0.5, 0.6) is 0 Å². The molecule has 0 aliphatic carbocycles. The third kappa shape index (κ3) is 8.36. The van der Waals surface area contributed by atoms with E-state index in [9.17, 15) is 0 Å². The first-order valence-electron chi connectivity index (χ1n) is 23.7. The number of furan rings is 1. The molecule has 12 rings (SSSR count). The minimum atomic E-state index is 0.888. The largest absolute Gasteiger partial charge is 0.456 e. The molecule has 0 unspecified atom stereocenters. The molecule has 1 aromatic heterocycles. The fraction of sp³-hybridized carbons (Fsp3) is 0. The zero-order valence-electron chi connectivity index (χ0n) is 38.4. The monoisotopic (exact) mass is 897 g/mol. The molecular weight excluding hydrogens is 851 g/mol. The number of hydrogen-bond donors (Lipinski definition) is 0. The molecule has 0 amide bonds. The van der Waals surface area contributed by atoms with Crippen LogP contribution >= 0.6 is 0 Å². The molecule has 0 spiro atoms. The Morgan fingerprint density at radius 3 is 0.886 bits per heavy atom. The lowest BCUT2D eigenvalue weighted by molar-refractivity contribution is 0.669. The van der Waals surface area contributed by atoms with E-state index in [4.69, 9.17) is 4.42 Å². The van der Waals surface area contributed by atoms with Crippen molar-refractivity contribution in [2.24, 2.45) is 0 Å². The molecule has 0 saturated heterocycles. The Morgan fingerprint density at radius 1 is 0.186 bits per heavy atom. The molecule has 70 heavy (non-hydrogen) atoms. The molecule has 0 N–H and O–H groups in total. The molecule has 332 valence electrons. The van der Waals surface area contributed by atoms with Crippen molar-refractivity contribution in [3.63, 3.8) is 0 Å². The molecule has 0 aliphatic heterocycles. The third-order valence-electron chi connectivity index (χ3n) is 13.0. The van der Waals surface area contributed by atoms with Crippen LogP contribution in [0.25, 0.3) is 55.3 Å². The van der Waals surface area contributed by atoms with Gasteiger partial charge in [-0.2, -0.15) is 0 Å². The average molecular weight is 898 g/mol. The van der Waals surface area contributed by atoms with Crippen molar-refractivity contribution in [1.82, 2.24) is 0 Å². The normalized spacial score (nSPS) is 11.1. The highest BCUT2D eigenvalue weighted by atomic mass is 16.3. The van der Waals surface area contributed by atoms with Gasteiger partial charge >= 0.3 is 0 Å². The Balaban J connectivity index is 1.04. The minimum absolute atomic E-state index is 0.888. The van der Waals surface area contributed by atoms with Gasteiger partial charge in [0.1, 0.15) is 11.2 Å². The van der Waals surface area contributed by atoms with Crippen LogP contribution in [0.15, 0.2) is 290 Å². The number of fused-ring (bicyclic) bond motifs is 3. The summed E-state index contributed by atoms with van der Waals surface area (Å²) in [6.45, 7) is 0. The first-order chi connectivity index (χ1) is 34.7. The smallest absolute Gasteiger partial charge is 0.135 e. The van der Waals surface area contributed by atoms with E-state index >= 15 is 0 Å². The SMILES string of the molecule is c1ccc(-c2ccc(-c3ccc(N(c4ccc(-c5ccc6oc7ccccc7c6c5)cc4)c4cc(N(c5ccccc5)c5ccccc5)cc(N(c5ccccc5)c5ccccc5)c4)cc3)cc2)cc1. The highest BCUT2D eigenvalue weighted by molar-refractivity contribution is 6.06. The fourth-order valence-electron chi connectivity index (χ4n) is 9.61. The van der Waals surface area contributed by atoms with Gasteiger partial charge in [-0.25, -0.2) is 0 Å². The van der Waals surface area contributed by atoms with Crippen molar-refractivity contribution in [2.45, 2.75) is 0 Å². The number of nitrogens with zero attached hydrogens (tertiary/aromatic N) is 3. The highest BCUT2D eigenvalue weighted by Gasteiger charge is 2.23. The molecule has 0 saturated carbocycles. The first kappa shape index (κ1) is 42.0. The van der Waals surface area contributed by atoms with Crippen LogP contribution in [-0.2, 0) is 0 Å². The van der Waals surface area contributed by atoms with E-state index in [1.165, 1.54) is 11.1 Å². The summed E-state index contributed by atoms with van der Waals surface area (Å²) in [5.74, 6) is 0. The van der Waals surface area contributed by atoms with Gasteiger partial charge in [0.05, 0.1) is 17.1 Å². The highest BCUT2D eigenvalue weighted by Crippen LogP contribution is 2.46. The second-order valence-corrected chi connectivity index (χ2v) is 17.4.